The van der Waals surface area contributed by atoms with Crippen LogP contribution in [0.5, 0.6) is 0 Å². The van der Waals surface area contributed by atoms with Crippen LogP contribution in [0.25, 0.3) is 21.5 Å². The lowest BCUT2D eigenvalue weighted by Crippen LogP contribution is -2.49. The molecule has 4 aromatic rings. The Labute approximate surface area is 202 Å². The van der Waals surface area contributed by atoms with E-state index in [9.17, 15) is 18.0 Å². The highest BCUT2D eigenvalue weighted by Gasteiger charge is 2.29. The number of fused-ring (bicyclic) bond motifs is 1. The maximum atomic E-state index is 12.8. The van der Waals surface area contributed by atoms with E-state index in [0.29, 0.717) is 37.7 Å². The van der Waals surface area contributed by atoms with Crippen molar-refractivity contribution in [3.05, 3.63) is 58.9 Å². The van der Waals surface area contributed by atoms with E-state index in [2.05, 4.69) is 25.1 Å². The molecule has 1 fully saturated rings. The predicted molar refractivity (Wildman–Crippen MR) is 126 cm³/mol. The summed E-state index contributed by atoms with van der Waals surface area (Å²) >= 11 is 1.47. The molecule has 8 nitrogen and oxygen atoms in total. The molecule has 0 atom stereocenters. The van der Waals surface area contributed by atoms with Gasteiger partial charge in [-0.3, -0.25) is 14.8 Å². The average Bonchev–Trinajstić information content (AvgIpc) is 3.44. The Morgan fingerprint density at radius 2 is 1.94 bits per heavy atom. The van der Waals surface area contributed by atoms with Gasteiger partial charge in [0, 0.05) is 42.1 Å². The Kier molecular flexibility index (Phi) is 6.15. The first-order chi connectivity index (χ1) is 16.7. The van der Waals surface area contributed by atoms with E-state index >= 15 is 0 Å². The number of anilines is 1. The number of nitrogens with one attached hydrogen (secondary N) is 1. The van der Waals surface area contributed by atoms with Gasteiger partial charge in [0.25, 0.3) is 0 Å². The minimum atomic E-state index is -4.28. The molecule has 1 aliphatic heterocycles. The Balaban J connectivity index is 1.18. The summed E-state index contributed by atoms with van der Waals surface area (Å²) in [7, 11) is 0. The molecule has 5 rings (SSSR count). The van der Waals surface area contributed by atoms with Gasteiger partial charge in [-0.2, -0.15) is 18.3 Å². The number of alkyl halides is 3. The van der Waals surface area contributed by atoms with Gasteiger partial charge in [0.15, 0.2) is 0 Å². The van der Waals surface area contributed by atoms with Crippen molar-refractivity contribution in [2.24, 2.45) is 0 Å². The van der Waals surface area contributed by atoms with Gasteiger partial charge in [-0.05, 0) is 35.9 Å². The number of H-pyrrole nitrogens is 1. The molecule has 1 saturated heterocycles. The fourth-order valence-electron chi connectivity index (χ4n) is 4.12. The van der Waals surface area contributed by atoms with Crippen molar-refractivity contribution in [2.75, 3.05) is 25.4 Å². The van der Waals surface area contributed by atoms with E-state index in [1.54, 1.807) is 0 Å². The topological polar surface area (TPSA) is 104 Å². The number of halogens is 3. The van der Waals surface area contributed by atoms with Crippen LogP contribution in [-0.4, -0.2) is 61.7 Å². The minimum Gasteiger partial charge on any atom is -0.383 e. The number of amides is 1. The summed E-state index contributed by atoms with van der Waals surface area (Å²) in [6.45, 7) is 2.71. The van der Waals surface area contributed by atoms with Crippen LogP contribution in [0.15, 0.2) is 42.7 Å². The summed E-state index contributed by atoms with van der Waals surface area (Å²) < 4.78 is 37.8. The molecule has 0 bridgehead atoms. The van der Waals surface area contributed by atoms with Crippen molar-refractivity contribution in [2.45, 2.75) is 25.7 Å². The number of nitrogens with zero attached hydrogens (tertiary/aromatic N) is 5. The molecular weight excluding hydrogens is 479 g/mol. The highest BCUT2D eigenvalue weighted by atomic mass is 32.1. The fraction of sp³-hybridized carbons (Fsp3) is 0.304. The lowest BCUT2D eigenvalue weighted by Gasteiger charge is -2.34. The van der Waals surface area contributed by atoms with Crippen molar-refractivity contribution >= 4 is 34.0 Å². The molecule has 0 spiro atoms. The van der Waals surface area contributed by atoms with Crippen molar-refractivity contribution in [3.8, 4) is 10.6 Å². The molecule has 1 aliphatic rings. The SMILES string of the molecule is Nc1ncnc2cc(CN3CCN(Cc4ccc(-c5cc(CC(F)(F)F)[nH]n5)s4)CC3=O)ccc12. The zero-order valence-electron chi connectivity index (χ0n) is 18.5. The molecule has 0 unspecified atom stereocenters. The summed E-state index contributed by atoms with van der Waals surface area (Å²) in [5, 5.41) is 7.26. The van der Waals surface area contributed by atoms with Crippen molar-refractivity contribution < 1.29 is 18.0 Å². The van der Waals surface area contributed by atoms with Crippen LogP contribution in [0.1, 0.15) is 16.1 Å². The van der Waals surface area contributed by atoms with Gasteiger partial charge < -0.3 is 10.6 Å². The summed E-state index contributed by atoms with van der Waals surface area (Å²) in [6, 6.07) is 10.9. The molecule has 4 heterocycles. The van der Waals surface area contributed by atoms with Gasteiger partial charge in [-0.1, -0.05) is 6.07 Å². The number of nitrogen functional groups attached to an aromatic ring is 1. The van der Waals surface area contributed by atoms with Crippen molar-refractivity contribution in [3.63, 3.8) is 0 Å². The molecule has 3 aromatic heterocycles. The second kappa shape index (κ2) is 9.27. The van der Waals surface area contributed by atoms with Gasteiger partial charge in [-0.25, -0.2) is 9.97 Å². The number of piperazine rings is 1. The quantitative estimate of drug-likeness (QED) is 0.418. The number of thiophene rings is 1. The molecule has 182 valence electrons. The van der Waals surface area contributed by atoms with Crippen molar-refractivity contribution in [1.29, 1.82) is 0 Å². The van der Waals surface area contributed by atoms with Crippen LogP contribution < -0.4 is 5.73 Å². The monoisotopic (exact) mass is 501 g/mol. The third kappa shape index (κ3) is 5.43. The van der Waals surface area contributed by atoms with Gasteiger partial charge in [0.2, 0.25) is 5.91 Å². The molecule has 0 radical (unpaired) electrons. The van der Waals surface area contributed by atoms with Crippen LogP contribution in [0, 0.1) is 0 Å². The van der Waals surface area contributed by atoms with E-state index in [-0.39, 0.29) is 11.6 Å². The van der Waals surface area contributed by atoms with E-state index < -0.39 is 12.6 Å². The highest BCUT2D eigenvalue weighted by molar-refractivity contribution is 7.15. The Morgan fingerprint density at radius 1 is 1.09 bits per heavy atom. The first-order valence-corrected chi connectivity index (χ1v) is 11.7. The van der Waals surface area contributed by atoms with Gasteiger partial charge in [-0.15, -0.1) is 11.3 Å². The lowest BCUT2D eigenvalue weighted by molar-refractivity contribution is -0.136. The van der Waals surface area contributed by atoms with Crippen LogP contribution >= 0.6 is 11.3 Å². The Morgan fingerprint density at radius 3 is 2.74 bits per heavy atom. The van der Waals surface area contributed by atoms with Crippen molar-refractivity contribution in [1.82, 2.24) is 30.0 Å². The van der Waals surface area contributed by atoms with E-state index in [0.717, 1.165) is 32.8 Å². The number of nitrogens with two attached hydrogens (primary N) is 1. The lowest BCUT2D eigenvalue weighted by atomic mass is 10.1. The normalized spacial score (nSPS) is 15.3. The van der Waals surface area contributed by atoms with Crippen LogP contribution in [0.4, 0.5) is 19.0 Å². The molecule has 12 heteroatoms. The standard InChI is InChI=1S/C23H22F3N7OS/c24-23(25,26)9-15-8-19(31-30-15)20-4-2-16(35-20)11-32-5-6-33(21(34)12-32)10-14-1-3-17-18(7-14)28-13-29-22(17)27/h1-4,7-8,13H,5-6,9-12H2,(H,30,31)(H2,27,28,29). The van der Waals surface area contributed by atoms with Gasteiger partial charge in [0.05, 0.1) is 23.4 Å². The largest absolute Gasteiger partial charge is 0.394 e. The highest BCUT2D eigenvalue weighted by Crippen LogP contribution is 2.30. The first-order valence-electron chi connectivity index (χ1n) is 10.9. The average molecular weight is 502 g/mol. The minimum absolute atomic E-state index is 0.0338. The fourth-order valence-corrected chi connectivity index (χ4v) is 5.13. The molecule has 1 amide bonds. The molecule has 35 heavy (non-hydrogen) atoms. The molecule has 0 aliphatic carbocycles. The Hall–Kier alpha value is -3.51. The van der Waals surface area contributed by atoms with Crippen LogP contribution in [-0.2, 0) is 24.3 Å². The molecule has 3 N–H and O–H groups in total. The number of carbonyl (C=O) groups excluding carboxylic acids is 1. The van der Waals surface area contributed by atoms with Gasteiger partial charge >= 0.3 is 6.18 Å². The zero-order valence-corrected chi connectivity index (χ0v) is 19.4. The number of aromatic nitrogens is 4. The number of carbonyl (C=O) groups is 1. The maximum Gasteiger partial charge on any atom is 0.394 e. The second-order valence-electron chi connectivity index (χ2n) is 8.47. The maximum absolute atomic E-state index is 12.8. The van der Waals surface area contributed by atoms with Crippen LogP contribution in [0.3, 0.4) is 0 Å². The third-order valence-electron chi connectivity index (χ3n) is 5.82. The van der Waals surface area contributed by atoms with E-state index in [4.69, 9.17) is 5.73 Å². The van der Waals surface area contributed by atoms with E-state index in [1.807, 2.05) is 35.2 Å². The Bertz CT molecular complexity index is 1370. The number of hydrogen-bond acceptors (Lipinski definition) is 7. The smallest absolute Gasteiger partial charge is 0.383 e. The number of benzene rings is 1. The molecule has 1 aromatic carbocycles. The number of rotatable bonds is 6. The summed E-state index contributed by atoms with van der Waals surface area (Å²) in [4.78, 5) is 26.8. The zero-order chi connectivity index (χ0) is 24.6. The van der Waals surface area contributed by atoms with Gasteiger partial charge in [0.1, 0.15) is 17.8 Å². The number of hydrogen-bond donors (Lipinski definition) is 2. The molecule has 0 saturated carbocycles. The summed E-state index contributed by atoms with van der Waals surface area (Å²) in [6.07, 6.45) is -3.89. The summed E-state index contributed by atoms with van der Waals surface area (Å²) in [5.41, 5.74) is 8.13. The molecular formula is C23H22F3N7OS. The summed E-state index contributed by atoms with van der Waals surface area (Å²) in [5.74, 6) is 0.469. The van der Waals surface area contributed by atoms with E-state index in [1.165, 1.54) is 23.7 Å². The predicted octanol–water partition coefficient (Wildman–Crippen LogP) is 3.61. The van der Waals surface area contributed by atoms with Crippen LogP contribution in [0.2, 0.25) is 0 Å². The first kappa shape index (κ1) is 23.2. The third-order valence-corrected chi connectivity index (χ3v) is 6.91. The number of aromatic amines is 1. The second-order valence-corrected chi connectivity index (χ2v) is 9.64.